The van der Waals surface area contributed by atoms with Crippen LogP contribution in [0.5, 0.6) is 0 Å². The third kappa shape index (κ3) is 1.76. The maximum atomic E-state index is 10.8. The Morgan fingerprint density at radius 2 is 2.29 bits per heavy atom. The molecule has 0 unspecified atom stereocenters. The highest BCUT2D eigenvalue weighted by molar-refractivity contribution is 5.55. The number of nitro benzene ring substituents is 1. The average Bonchev–Trinajstić information content (AvgIpc) is 2.90. The highest BCUT2D eigenvalue weighted by Gasteiger charge is 2.37. The second-order valence-corrected chi connectivity index (χ2v) is 4.74. The van der Waals surface area contributed by atoms with Crippen LogP contribution in [0.25, 0.3) is 0 Å². The van der Waals surface area contributed by atoms with E-state index in [9.17, 15) is 10.1 Å². The van der Waals surface area contributed by atoms with Gasteiger partial charge in [0.25, 0.3) is 5.69 Å². The molecule has 0 saturated carbocycles. The Morgan fingerprint density at radius 3 is 3.12 bits per heavy atom. The minimum Gasteiger partial charge on any atom is -0.367 e. The fourth-order valence-electron chi connectivity index (χ4n) is 2.95. The Hall–Kier alpha value is -1.62. The fraction of sp³-hybridized carbons (Fsp3) is 0.500. The molecule has 17 heavy (non-hydrogen) atoms. The molecule has 2 aliphatic rings. The molecule has 0 aliphatic carbocycles. The molecule has 0 aromatic heterocycles. The lowest BCUT2D eigenvalue weighted by Gasteiger charge is -2.25. The van der Waals surface area contributed by atoms with Crippen LogP contribution in [0.15, 0.2) is 24.3 Å². The summed E-state index contributed by atoms with van der Waals surface area (Å²) in [7, 11) is 0. The van der Waals surface area contributed by atoms with Gasteiger partial charge >= 0.3 is 0 Å². The lowest BCUT2D eigenvalue weighted by molar-refractivity contribution is -0.384. The number of anilines is 1. The van der Waals surface area contributed by atoms with Gasteiger partial charge in [0.05, 0.1) is 4.92 Å². The average molecular weight is 233 g/mol. The summed E-state index contributed by atoms with van der Waals surface area (Å²) in [5.41, 5.74) is 1.16. The first kappa shape index (κ1) is 10.5. The van der Waals surface area contributed by atoms with Gasteiger partial charge in [-0.3, -0.25) is 10.1 Å². The van der Waals surface area contributed by atoms with Crippen molar-refractivity contribution in [2.45, 2.75) is 12.5 Å². The molecule has 1 N–H and O–H groups in total. The molecule has 5 nitrogen and oxygen atoms in total. The summed E-state index contributed by atoms with van der Waals surface area (Å²) < 4.78 is 0. The number of hydrogen-bond donors (Lipinski definition) is 1. The number of fused-ring (bicyclic) bond motifs is 1. The number of non-ortho nitro benzene ring substituents is 1. The Balaban J connectivity index is 1.88. The molecular formula is C12H15N3O2. The molecule has 3 rings (SSSR count). The van der Waals surface area contributed by atoms with Gasteiger partial charge in [0.1, 0.15) is 0 Å². The van der Waals surface area contributed by atoms with Crippen LogP contribution in [0.4, 0.5) is 11.4 Å². The van der Waals surface area contributed by atoms with Gasteiger partial charge in [0.2, 0.25) is 0 Å². The summed E-state index contributed by atoms with van der Waals surface area (Å²) in [6.07, 6.45) is 1.18. The monoisotopic (exact) mass is 233 g/mol. The predicted octanol–water partition coefficient (Wildman–Crippen LogP) is 1.39. The van der Waals surface area contributed by atoms with Crippen molar-refractivity contribution in [2.24, 2.45) is 5.92 Å². The highest BCUT2D eigenvalue weighted by atomic mass is 16.6. The molecule has 5 heteroatoms. The third-order valence-electron chi connectivity index (χ3n) is 3.82. The fourth-order valence-corrected chi connectivity index (χ4v) is 2.95. The van der Waals surface area contributed by atoms with Crippen LogP contribution in [0.1, 0.15) is 6.42 Å². The Morgan fingerprint density at radius 1 is 1.41 bits per heavy atom. The summed E-state index contributed by atoms with van der Waals surface area (Å²) in [5.74, 6) is 0.703. The van der Waals surface area contributed by atoms with Gasteiger partial charge < -0.3 is 10.2 Å². The molecule has 0 bridgehead atoms. The molecule has 1 aromatic carbocycles. The standard InChI is InChI=1S/C12H15N3O2/c16-15(17)11-3-1-2-10(6-11)14-5-4-9-7-13-8-12(9)14/h1-3,6,9,12-13H,4-5,7-8H2/t9-,12+/m0/s1. The summed E-state index contributed by atoms with van der Waals surface area (Å²) in [6.45, 7) is 3.08. The van der Waals surface area contributed by atoms with Crippen molar-refractivity contribution in [2.75, 3.05) is 24.5 Å². The number of hydrogen-bond acceptors (Lipinski definition) is 4. The second-order valence-electron chi connectivity index (χ2n) is 4.74. The maximum absolute atomic E-state index is 10.8. The highest BCUT2D eigenvalue weighted by Crippen LogP contribution is 2.33. The van der Waals surface area contributed by atoms with Crippen molar-refractivity contribution in [1.82, 2.24) is 5.32 Å². The normalized spacial score (nSPS) is 27.2. The van der Waals surface area contributed by atoms with Crippen molar-refractivity contribution in [3.05, 3.63) is 34.4 Å². The summed E-state index contributed by atoms with van der Waals surface area (Å²) >= 11 is 0. The number of nitrogens with one attached hydrogen (secondary N) is 1. The molecule has 2 aliphatic heterocycles. The van der Waals surface area contributed by atoms with Crippen LogP contribution < -0.4 is 10.2 Å². The first-order chi connectivity index (χ1) is 8.25. The van der Waals surface area contributed by atoms with Crippen molar-refractivity contribution >= 4 is 11.4 Å². The first-order valence-electron chi connectivity index (χ1n) is 5.97. The SMILES string of the molecule is O=[N+]([O-])c1cccc(N2CC[C@H]3CNC[C@H]32)c1. The molecule has 90 valence electrons. The lowest BCUT2D eigenvalue weighted by Crippen LogP contribution is -2.34. The van der Waals surface area contributed by atoms with Gasteiger partial charge in [0, 0.05) is 43.5 Å². The third-order valence-corrected chi connectivity index (χ3v) is 3.82. The zero-order valence-corrected chi connectivity index (χ0v) is 9.50. The van der Waals surface area contributed by atoms with Crippen LogP contribution in [0.3, 0.4) is 0 Å². The van der Waals surface area contributed by atoms with Gasteiger partial charge in [-0.2, -0.15) is 0 Å². The zero-order chi connectivity index (χ0) is 11.8. The van der Waals surface area contributed by atoms with E-state index in [1.165, 1.54) is 6.42 Å². The molecule has 0 radical (unpaired) electrons. The van der Waals surface area contributed by atoms with E-state index >= 15 is 0 Å². The molecular weight excluding hydrogens is 218 g/mol. The maximum Gasteiger partial charge on any atom is 0.271 e. The minimum atomic E-state index is -0.329. The van der Waals surface area contributed by atoms with E-state index in [1.807, 2.05) is 6.07 Å². The molecule has 2 saturated heterocycles. The quantitative estimate of drug-likeness (QED) is 0.619. The van der Waals surface area contributed by atoms with Gasteiger partial charge in [0.15, 0.2) is 0 Å². The van der Waals surface area contributed by atoms with E-state index in [1.54, 1.807) is 18.2 Å². The first-order valence-corrected chi connectivity index (χ1v) is 5.97. The minimum absolute atomic E-state index is 0.178. The Labute approximate surface area is 99.6 Å². The van der Waals surface area contributed by atoms with Crippen LogP contribution in [-0.2, 0) is 0 Å². The zero-order valence-electron chi connectivity index (χ0n) is 9.50. The molecule has 2 heterocycles. The van der Waals surface area contributed by atoms with Crippen LogP contribution in [0, 0.1) is 16.0 Å². The van der Waals surface area contributed by atoms with Crippen LogP contribution in [0.2, 0.25) is 0 Å². The van der Waals surface area contributed by atoms with E-state index in [4.69, 9.17) is 0 Å². The predicted molar refractivity (Wildman–Crippen MR) is 65.2 cm³/mol. The van der Waals surface area contributed by atoms with Gasteiger partial charge in [-0.15, -0.1) is 0 Å². The summed E-state index contributed by atoms with van der Waals surface area (Å²) in [5, 5.41) is 14.2. The number of nitro groups is 1. The second kappa shape index (κ2) is 4.00. The van der Waals surface area contributed by atoms with Gasteiger partial charge in [-0.25, -0.2) is 0 Å². The molecule has 2 fully saturated rings. The van der Waals surface area contributed by atoms with Crippen molar-refractivity contribution < 1.29 is 4.92 Å². The van der Waals surface area contributed by atoms with E-state index in [0.717, 1.165) is 25.3 Å². The number of nitrogens with zero attached hydrogens (tertiary/aromatic N) is 2. The van der Waals surface area contributed by atoms with Gasteiger partial charge in [-0.05, 0) is 18.4 Å². The topological polar surface area (TPSA) is 58.4 Å². The Bertz CT molecular complexity index is 449. The number of rotatable bonds is 2. The van der Waals surface area contributed by atoms with Crippen molar-refractivity contribution in [3.63, 3.8) is 0 Å². The van der Waals surface area contributed by atoms with E-state index in [-0.39, 0.29) is 10.6 Å². The van der Waals surface area contributed by atoms with E-state index < -0.39 is 0 Å². The molecule has 1 aromatic rings. The smallest absolute Gasteiger partial charge is 0.271 e. The summed E-state index contributed by atoms with van der Waals surface area (Å²) in [6, 6.07) is 7.47. The van der Waals surface area contributed by atoms with Crippen molar-refractivity contribution in [3.8, 4) is 0 Å². The van der Waals surface area contributed by atoms with Crippen LogP contribution in [-0.4, -0.2) is 30.6 Å². The molecule has 0 spiro atoms. The van der Waals surface area contributed by atoms with E-state index in [0.29, 0.717) is 12.0 Å². The Kier molecular flexibility index (Phi) is 2.48. The van der Waals surface area contributed by atoms with Crippen LogP contribution >= 0.6 is 0 Å². The van der Waals surface area contributed by atoms with E-state index in [2.05, 4.69) is 10.2 Å². The molecule has 2 atom stereocenters. The van der Waals surface area contributed by atoms with Crippen molar-refractivity contribution in [1.29, 1.82) is 0 Å². The summed E-state index contributed by atoms with van der Waals surface area (Å²) in [4.78, 5) is 12.7. The van der Waals surface area contributed by atoms with Gasteiger partial charge in [-0.1, -0.05) is 6.07 Å². The number of benzene rings is 1. The lowest BCUT2D eigenvalue weighted by atomic mass is 10.1. The largest absolute Gasteiger partial charge is 0.367 e. The molecule has 0 amide bonds.